The molecular formula is C25H28F2N2O4. The quantitative estimate of drug-likeness (QED) is 0.579. The fourth-order valence-corrected chi connectivity index (χ4v) is 4.67. The number of hydrogen-bond acceptors (Lipinski definition) is 5. The third-order valence-corrected chi connectivity index (χ3v) is 6.11. The Balaban J connectivity index is 1.54. The van der Waals surface area contributed by atoms with Crippen molar-refractivity contribution in [2.24, 2.45) is 0 Å². The molecule has 2 aliphatic rings. The van der Waals surface area contributed by atoms with Crippen LogP contribution in [0.3, 0.4) is 0 Å². The molecule has 2 aliphatic heterocycles. The van der Waals surface area contributed by atoms with E-state index in [0.717, 1.165) is 17.4 Å². The van der Waals surface area contributed by atoms with Crippen LogP contribution in [-0.4, -0.2) is 55.5 Å². The lowest BCUT2D eigenvalue weighted by Gasteiger charge is -2.30. The number of hydrogen-bond donors (Lipinski definition) is 1. The van der Waals surface area contributed by atoms with E-state index in [4.69, 9.17) is 14.2 Å². The molecule has 4 rings (SSSR count). The molecule has 0 saturated carbocycles. The van der Waals surface area contributed by atoms with Gasteiger partial charge in [0.25, 0.3) is 0 Å². The Labute approximate surface area is 192 Å². The van der Waals surface area contributed by atoms with Crippen LogP contribution in [-0.2, 0) is 22.4 Å². The van der Waals surface area contributed by atoms with Gasteiger partial charge in [-0.2, -0.15) is 0 Å². The molecule has 0 bridgehead atoms. The van der Waals surface area contributed by atoms with E-state index in [-0.39, 0.29) is 18.6 Å². The van der Waals surface area contributed by atoms with E-state index in [9.17, 15) is 13.6 Å². The number of ether oxygens (including phenoxy) is 3. The summed E-state index contributed by atoms with van der Waals surface area (Å²) in [5.74, 6) is -0.515. The van der Waals surface area contributed by atoms with E-state index in [1.807, 2.05) is 24.3 Å². The second-order valence-corrected chi connectivity index (χ2v) is 8.43. The van der Waals surface area contributed by atoms with Crippen molar-refractivity contribution in [1.29, 1.82) is 0 Å². The van der Waals surface area contributed by atoms with Gasteiger partial charge < -0.3 is 19.5 Å². The monoisotopic (exact) mass is 458 g/mol. The Bertz CT molecular complexity index is 965. The number of cyclic esters (lactones) is 1. The van der Waals surface area contributed by atoms with Gasteiger partial charge in [-0.25, -0.2) is 13.6 Å². The molecule has 0 radical (unpaired) electrons. The summed E-state index contributed by atoms with van der Waals surface area (Å²) in [6.07, 6.45) is 1.58. The van der Waals surface area contributed by atoms with Crippen molar-refractivity contribution >= 4 is 6.09 Å². The van der Waals surface area contributed by atoms with Crippen molar-refractivity contribution in [3.8, 4) is 5.75 Å². The molecule has 0 aromatic heterocycles. The molecule has 2 aromatic rings. The van der Waals surface area contributed by atoms with Gasteiger partial charge in [-0.1, -0.05) is 18.2 Å². The van der Waals surface area contributed by atoms with Gasteiger partial charge in [0, 0.05) is 19.2 Å². The van der Waals surface area contributed by atoms with Crippen LogP contribution >= 0.6 is 0 Å². The second-order valence-electron chi connectivity index (χ2n) is 8.43. The van der Waals surface area contributed by atoms with E-state index < -0.39 is 29.9 Å². The molecule has 0 spiro atoms. The van der Waals surface area contributed by atoms with Crippen molar-refractivity contribution in [1.82, 2.24) is 10.2 Å². The number of nitrogens with zero attached hydrogens (tertiary/aromatic N) is 1. The van der Waals surface area contributed by atoms with Crippen molar-refractivity contribution in [3.05, 3.63) is 77.9 Å². The van der Waals surface area contributed by atoms with Crippen molar-refractivity contribution in [3.63, 3.8) is 0 Å². The Hall–Kier alpha value is -2.97. The highest BCUT2D eigenvalue weighted by Crippen LogP contribution is 2.31. The van der Waals surface area contributed by atoms with Crippen molar-refractivity contribution in [2.75, 3.05) is 20.3 Å². The molecule has 2 heterocycles. The maximum absolute atomic E-state index is 13.7. The maximum atomic E-state index is 13.7. The van der Waals surface area contributed by atoms with Crippen LogP contribution in [0.4, 0.5) is 13.6 Å². The zero-order valence-corrected chi connectivity index (χ0v) is 18.5. The minimum Gasteiger partial charge on any atom is -0.497 e. The van der Waals surface area contributed by atoms with Crippen LogP contribution in [0.2, 0.25) is 0 Å². The molecule has 33 heavy (non-hydrogen) atoms. The van der Waals surface area contributed by atoms with Gasteiger partial charge in [-0.3, -0.25) is 4.90 Å². The summed E-state index contributed by atoms with van der Waals surface area (Å²) in [7, 11) is 1.62. The summed E-state index contributed by atoms with van der Waals surface area (Å²) >= 11 is 0. The van der Waals surface area contributed by atoms with Gasteiger partial charge in [-0.15, -0.1) is 6.58 Å². The van der Waals surface area contributed by atoms with Crippen LogP contribution in [0, 0.1) is 11.6 Å². The lowest BCUT2D eigenvalue weighted by atomic mass is 9.95. The number of benzene rings is 2. The predicted octanol–water partition coefficient (Wildman–Crippen LogP) is 3.84. The fourth-order valence-electron chi connectivity index (χ4n) is 4.67. The summed E-state index contributed by atoms with van der Waals surface area (Å²) in [6, 6.07) is 10.7. The molecule has 1 amide bonds. The third-order valence-electron chi connectivity index (χ3n) is 6.11. The van der Waals surface area contributed by atoms with Crippen LogP contribution in [0.25, 0.3) is 0 Å². The molecule has 2 unspecified atom stereocenters. The van der Waals surface area contributed by atoms with Crippen LogP contribution in [0.15, 0.2) is 55.1 Å². The number of amides is 1. The summed E-state index contributed by atoms with van der Waals surface area (Å²) in [5.41, 5.74) is 1.55. The number of halogens is 2. The summed E-state index contributed by atoms with van der Waals surface area (Å²) in [6.45, 7) is 5.45. The summed E-state index contributed by atoms with van der Waals surface area (Å²) < 4.78 is 44.2. The maximum Gasteiger partial charge on any atom is 0.407 e. The van der Waals surface area contributed by atoms with Gasteiger partial charge in [0.05, 0.1) is 31.9 Å². The number of carbonyl (C=O) groups excluding carboxylic acids is 1. The standard InChI is InChI=1S/C25H28F2N2O4/c1-3-8-32-21-13-23(29(15-21)14-16-4-6-20(31-2)7-5-16)24-22(28-25(30)33-24)11-17-9-18(26)12-19(27)10-17/h3-7,9-10,12,21-24H,1,8,11,13-15H2,2H3,(H,28,30)/t21?,22-,23?,24-/m0/s1. The average Bonchev–Trinajstić information content (AvgIpc) is 3.34. The van der Waals surface area contributed by atoms with Gasteiger partial charge in [0.15, 0.2) is 0 Å². The second kappa shape index (κ2) is 10.3. The van der Waals surface area contributed by atoms with E-state index in [1.54, 1.807) is 13.2 Å². The molecular weight excluding hydrogens is 430 g/mol. The lowest BCUT2D eigenvalue weighted by molar-refractivity contribution is 0.0620. The highest BCUT2D eigenvalue weighted by Gasteiger charge is 2.46. The van der Waals surface area contributed by atoms with E-state index >= 15 is 0 Å². The van der Waals surface area contributed by atoms with Crippen molar-refractivity contribution < 1.29 is 27.8 Å². The Kier molecular flexibility index (Phi) is 7.25. The van der Waals surface area contributed by atoms with E-state index in [2.05, 4.69) is 16.8 Å². The first-order valence-electron chi connectivity index (χ1n) is 11.0. The first-order chi connectivity index (χ1) is 15.9. The number of nitrogens with one attached hydrogen (secondary N) is 1. The van der Waals surface area contributed by atoms with Crippen LogP contribution in [0.1, 0.15) is 17.5 Å². The van der Waals surface area contributed by atoms with Gasteiger partial charge in [-0.05, 0) is 48.2 Å². The van der Waals surface area contributed by atoms with Gasteiger partial charge >= 0.3 is 6.09 Å². The van der Waals surface area contributed by atoms with Gasteiger partial charge in [0.2, 0.25) is 0 Å². The number of alkyl carbamates (subject to hydrolysis) is 1. The topological polar surface area (TPSA) is 60.0 Å². The third kappa shape index (κ3) is 5.69. The highest BCUT2D eigenvalue weighted by molar-refractivity contribution is 5.70. The highest BCUT2D eigenvalue weighted by atomic mass is 19.1. The zero-order chi connectivity index (χ0) is 23.4. The molecule has 2 aromatic carbocycles. The molecule has 4 atom stereocenters. The van der Waals surface area contributed by atoms with Crippen molar-refractivity contribution in [2.45, 2.75) is 43.7 Å². The normalized spacial score (nSPS) is 25.0. The molecule has 176 valence electrons. The van der Waals surface area contributed by atoms with Gasteiger partial charge in [0.1, 0.15) is 23.5 Å². The minimum atomic E-state index is -0.647. The lowest BCUT2D eigenvalue weighted by Crippen LogP contribution is -2.46. The summed E-state index contributed by atoms with van der Waals surface area (Å²) in [4.78, 5) is 14.4. The number of likely N-dealkylation sites (tertiary alicyclic amines) is 1. The summed E-state index contributed by atoms with van der Waals surface area (Å²) in [5, 5.41) is 2.82. The molecule has 6 nitrogen and oxygen atoms in total. The minimum absolute atomic E-state index is 0.0437. The Morgan fingerprint density at radius 1 is 1.18 bits per heavy atom. The molecule has 8 heteroatoms. The SMILES string of the molecule is C=CCOC1CC([C@H]2OC(=O)N[C@H]2Cc2cc(F)cc(F)c2)N(Cc2ccc(OC)cc2)C1. The molecule has 2 fully saturated rings. The predicted molar refractivity (Wildman–Crippen MR) is 119 cm³/mol. The number of rotatable bonds is 9. The Morgan fingerprint density at radius 3 is 2.58 bits per heavy atom. The number of methoxy groups -OCH3 is 1. The Morgan fingerprint density at radius 2 is 1.91 bits per heavy atom. The van der Waals surface area contributed by atoms with E-state index in [0.29, 0.717) is 31.7 Å². The largest absolute Gasteiger partial charge is 0.497 e. The zero-order valence-electron chi connectivity index (χ0n) is 18.5. The molecule has 2 saturated heterocycles. The molecule has 0 aliphatic carbocycles. The number of carbonyl (C=O) groups is 1. The van der Waals surface area contributed by atoms with E-state index in [1.165, 1.54) is 12.1 Å². The average molecular weight is 459 g/mol. The first-order valence-corrected chi connectivity index (χ1v) is 11.0. The first kappa shape index (κ1) is 23.2. The van der Waals surface area contributed by atoms with Crippen LogP contribution in [0.5, 0.6) is 5.75 Å². The van der Waals surface area contributed by atoms with Crippen LogP contribution < -0.4 is 10.1 Å². The smallest absolute Gasteiger partial charge is 0.407 e. The molecule has 1 N–H and O–H groups in total. The fraction of sp³-hybridized carbons (Fsp3) is 0.400.